The van der Waals surface area contributed by atoms with Crippen molar-refractivity contribution < 1.29 is 4.79 Å². The summed E-state index contributed by atoms with van der Waals surface area (Å²) in [6.07, 6.45) is 3.35. The third-order valence-electron chi connectivity index (χ3n) is 5.52. The van der Waals surface area contributed by atoms with Crippen molar-refractivity contribution in [3.05, 3.63) is 58.1 Å². The number of hydrogen-bond donors (Lipinski definition) is 1. The number of anilines is 1. The quantitative estimate of drug-likeness (QED) is 0.562. The fourth-order valence-corrected chi connectivity index (χ4v) is 5.09. The van der Waals surface area contributed by atoms with Crippen molar-refractivity contribution >= 4 is 44.7 Å². The van der Waals surface area contributed by atoms with Crippen LogP contribution in [0.1, 0.15) is 29.8 Å². The van der Waals surface area contributed by atoms with Gasteiger partial charge in [0.2, 0.25) is 5.91 Å². The smallest absolute Gasteiger partial charge is 0.220 e. The van der Waals surface area contributed by atoms with Gasteiger partial charge in [-0.05, 0) is 61.9 Å². The number of amides is 1. The lowest BCUT2D eigenvalue weighted by molar-refractivity contribution is -0.121. The number of aromatic nitrogens is 1. The first-order valence-corrected chi connectivity index (χ1v) is 11.4. The molecule has 2 aromatic carbocycles. The Hall–Kier alpha value is -2.11. The van der Waals surface area contributed by atoms with Crippen LogP contribution in [0.15, 0.2) is 42.5 Å². The maximum Gasteiger partial charge on any atom is 0.220 e. The summed E-state index contributed by atoms with van der Waals surface area (Å²) in [5.41, 5.74) is 3.51. The number of nitrogens with zero attached hydrogens (tertiary/aromatic N) is 2. The molecule has 3 aromatic rings. The van der Waals surface area contributed by atoms with E-state index in [-0.39, 0.29) is 5.91 Å². The van der Waals surface area contributed by atoms with Crippen molar-refractivity contribution in [1.82, 2.24) is 10.3 Å². The van der Waals surface area contributed by atoms with Crippen molar-refractivity contribution in [2.24, 2.45) is 5.92 Å². The average Bonchev–Trinajstić information content (AvgIpc) is 3.34. The molecule has 152 valence electrons. The van der Waals surface area contributed by atoms with E-state index < -0.39 is 0 Å². The van der Waals surface area contributed by atoms with Crippen LogP contribution in [0.3, 0.4) is 0 Å². The van der Waals surface area contributed by atoms with E-state index in [1.54, 1.807) is 11.3 Å². The highest BCUT2D eigenvalue weighted by Crippen LogP contribution is 2.29. The second kappa shape index (κ2) is 9.14. The lowest BCUT2D eigenvalue weighted by atomic mass is 10.1. The van der Waals surface area contributed by atoms with E-state index in [1.807, 2.05) is 30.3 Å². The van der Waals surface area contributed by atoms with Crippen LogP contribution in [0.2, 0.25) is 5.02 Å². The molecule has 1 aliphatic rings. The summed E-state index contributed by atoms with van der Waals surface area (Å²) in [7, 11) is 0. The minimum Gasteiger partial charge on any atom is -0.371 e. The van der Waals surface area contributed by atoms with Gasteiger partial charge in [-0.2, -0.15) is 0 Å². The number of thiazole rings is 1. The molecular formula is C23H26ClN3OS. The summed E-state index contributed by atoms with van der Waals surface area (Å²) in [4.78, 5) is 19.3. The van der Waals surface area contributed by atoms with Crippen LogP contribution < -0.4 is 10.2 Å². The van der Waals surface area contributed by atoms with Gasteiger partial charge in [0, 0.05) is 36.8 Å². The molecule has 0 saturated carbocycles. The molecule has 0 bridgehead atoms. The first kappa shape index (κ1) is 20.2. The van der Waals surface area contributed by atoms with E-state index in [9.17, 15) is 4.79 Å². The van der Waals surface area contributed by atoms with E-state index in [4.69, 9.17) is 11.6 Å². The van der Waals surface area contributed by atoms with Crippen LogP contribution in [-0.4, -0.2) is 30.5 Å². The molecular weight excluding hydrogens is 402 g/mol. The zero-order valence-electron chi connectivity index (χ0n) is 16.7. The van der Waals surface area contributed by atoms with Gasteiger partial charge >= 0.3 is 0 Å². The van der Waals surface area contributed by atoms with E-state index in [0.29, 0.717) is 12.3 Å². The lowest BCUT2D eigenvalue weighted by Gasteiger charge is -2.21. The number of rotatable bonds is 7. The van der Waals surface area contributed by atoms with Gasteiger partial charge in [-0.3, -0.25) is 4.79 Å². The first-order valence-electron chi connectivity index (χ1n) is 10.2. The van der Waals surface area contributed by atoms with Gasteiger partial charge in [0.15, 0.2) is 0 Å². The molecule has 1 N–H and O–H groups in total. The van der Waals surface area contributed by atoms with Gasteiger partial charge in [-0.1, -0.05) is 29.8 Å². The van der Waals surface area contributed by atoms with Crippen LogP contribution in [0.25, 0.3) is 10.2 Å². The molecule has 6 heteroatoms. The van der Waals surface area contributed by atoms with Gasteiger partial charge in [-0.15, -0.1) is 11.3 Å². The van der Waals surface area contributed by atoms with E-state index in [0.717, 1.165) is 54.4 Å². The standard InChI is InChI=1S/C23H26ClN3OS/c1-16-9-10-18(24)13-20(16)27-12-11-17(15-27)14-25-22(28)7-4-8-23-26-19-5-2-3-6-21(19)29-23/h2-3,5-6,9-10,13,17H,4,7-8,11-12,14-15H2,1H3,(H,25,28). The summed E-state index contributed by atoms with van der Waals surface area (Å²) in [6.45, 7) is 4.84. The zero-order valence-corrected chi connectivity index (χ0v) is 18.2. The number of aryl methyl sites for hydroxylation is 2. The number of para-hydroxylation sites is 1. The highest BCUT2D eigenvalue weighted by molar-refractivity contribution is 7.18. The molecule has 2 heterocycles. The van der Waals surface area contributed by atoms with Crippen molar-refractivity contribution in [3.63, 3.8) is 0 Å². The second-order valence-electron chi connectivity index (χ2n) is 7.76. The van der Waals surface area contributed by atoms with Crippen molar-refractivity contribution in [1.29, 1.82) is 0 Å². The van der Waals surface area contributed by atoms with Gasteiger partial charge in [-0.25, -0.2) is 4.98 Å². The Bertz CT molecular complexity index is 970. The molecule has 1 aromatic heterocycles. The van der Waals surface area contributed by atoms with E-state index in [2.05, 4.69) is 34.3 Å². The number of carbonyl (C=O) groups excluding carboxylic acids is 1. The van der Waals surface area contributed by atoms with Crippen LogP contribution in [0, 0.1) is 12.8 Å². The van der Waals surface area contributed by atoms with Crippen molar-refractivity contribution in [2.45, 2.75) is 32.6 Å². The van der Waals surface area contributed by atoms with Crippen LogP contribution in [-0.2, 0) is 11.2 Å². The number of hydrogen-bond acceptors (Lipinski definition) is 4. The summed E-state index contributed by atoms with van der Waals surface area (Å²) < 4.78 is 1.22. The molecule has 0 radical (unpaired) electrons. The minimum absolute atomic E-state index is 0.142. The Morgan fingerprint density at radius 2 is 2.17 bits per heavy atom. The monoisotopic (exact) mass is 427 g/mol. The van der Waals surface area contributed by atoms with Gasteiger partial charge in [0.05, 0.1) is 15.2 Å². The molecule has 29 heavy (non-hydrogen) atoms. The topological polar surface area (TPSA) is 45.2 Å². The Morgan fingerprint density at radius 1 is 1.31 bits per heavy atom. The summed E-state index contributed by atoms with van der Waals surface area (Å²) in [5, 5.41) is 5.01. The fourth-order valence-electron chi connectivity index (χ4n) is 3.91. The molecule has 4 rings (SSSR count). The van der Waals surface area contributed by atoms with Gasteiger partial charge in [0.1, 0.15) is 0 Å². The van der Waals surface area contributed by atoms with Crippen LogP contribution in [0.5, 0.6) is 0 Å². The van der Waals surface area contributed by atoms with Crippen molar-refractivity contribution in [2.75, 3.05) is 24.5 Å². The first-order chi connectivity index (χ1) is 14.1. The minimum atomic E-state index is 0.142. The molecule has 1 aliphatic heterocycles. The lowest BCUT2D eigenvalue weighted by Crippen LogP contribution is -2.31. The molecule has 0 spiro atoms. The Kier molecular flexibility index (Phi) is 6.36. The predicted octanol–water partition coefficient (Wildman–Crippen LogP) is 5.22. The molecule has 1 saturated heterocycles. The molecule has 1 atom stereocenters. The molecule has 4 nitrogen and oxygen atoms in total. The highest BCUT2D eigenvalue weighted by Gasteiger charge is 2.24. The normalized spacial score (nSPS) is 16.5. The Labute approximate surface area is 180 Å². The number of benzene rings is 2. The maximum atomic E-state index is 12.3. The maximum absolute atomic E-state index is 12.3. The SMILES string of the molecule is Cc1ccc(Cl)cc1N1CCC(CNC(=O)CCCc2nc3ccccc3s2)C1. The second-order valence-corrected chi connectivity index (χ2v) is 9.32. The van der Waals surface area contributed by atoms with Crippen LogP contribution in [0.4, 0.5) is 5.69 Å². The number of carbonyl (C=O) groups is 1. The molecule has 1 unspecified atom stereocenters. The third kappa shape index (κ3) is 5.09. The summed E-state index contributed by atoms with van der Waals surface area (Å²) in [6, 6.07) is 14.2. The summed E-state index contributed by atoms with van der Waals surface area (Å²) >= 11 is 7.89. The zero-order chi connectivity index (χ0) is 20.2. The largest absolute Gasteiger partial charge is 0.371 e. The molecule has 1 fully saturated rings. The molecule has 1 amide bonds. The number of fused-ring (bicyclic) bond motifs is 1. The Balaban J connectivity index is 1.19. The number of halogens is 1. The van der Waals surface area contributed by atoms with Gasteiger partial charge < -0.3 is 10.2 Å². The average molecular weight is 428 g/mol. The van der Waals surface area contributed by atoms with E-state index >= 15 is 0 Å². The third-order valence-corrected chi connectivity index (χ3v) is 6.85. The van der Waals surface area contributed by atoms with Gasteiger partial charge in [0.25, 0.3) is 0 Å². The van der Waals surface area contributed by atoms with Crippen molar-refractivity contribution in [3.8, 4) is 0 Å². The predicted molar refractivity (Wildman–Crippen MR) is 122 cm³/mol. The fraction of sp³-hybridized carbons (Fsp3) is 0.391. The van der Waals surface area contributed by atoms with E-state index in [1.165, 1.54) is 16.0 Å². The Morgan fingerprint density at radius 3 is 3.03 bits per heavy atom. The summed E-state index contributed by atoms with van der Waals surface area (Å²) in [5.74, 6) is 0.630. The number of nitrogens with one attached hydrogen (secondary N) is 1. The molecule has 0 aliphatic carbocycles. The van der Waals surface area contributed by atoms with Crippen LogP contribution >= 0.6 is 22.9 Å². The highest BCUT2D eigenvalue weighted by atomic mass is 35.5.